The molecule has 5 rings (SSSR count). The summed E-state index contributed by atoms with van der Waals surface area (Å²) in [6.45, 7) is 0.409. The first-order valence-corrected chi connectivity index (χ1v) is 12.2. The number of nitrogens with one attached hydrogen (secondary N) is 1. The highest BCUT2D eigenvalue weighted by molar-refractivity contribution is 8.19. The third-order valence-electron chi connectivity index (χ3n) is 5.60. The van der Waals surface area contributed by atoms with Gasteiger partial charge in [0.2, 0.25) is 11.8 Å². The third kappa shape index (κ3) is 3.82. The van der Waals surface area contributed by atoms with E-state index in [-0.39, 0.29) is 24.2 Å². The van der Waals surface area contributed by atoms with Gasteiger partial charge in [-0.2, -0.15) is 0 Å². The summed E-state index contributed by atoms with van der Waals surface area (Å²) in [7, 11) is 0. The second kappa shape index (κ2) is 8.36. The molecule has 2 fully saturated rings. The van der Waals surface area contributed by atoms with Crippen molar-refractivity contribution in [1.82, 2.24) is 0 Å². The van der Waals surface area contributed by atoms with Crippen LogP contribution in [0.2, 0.25) is 0 Å². The van der Waals surface area contributed by atoms with Crippen molar-refractivity contribution in [2.24, 2.45) is 5.92 Å². The van der Waals surface area contributed by atoms with Gasteiger partial charge in [0.25, 0.3) is 0 Å². The van der Waals surface area contributed by atoms with Crippen LogP contribution in [0.4, 0.5) is 11.4 Å². The van der Waals surface area contributed by atoms with Gasteiger partial charge in [-0.1, -0.05) is 48.5 Å². The van der Waals surface area contributed by atoms with E-state index in [0.717, 1.165) is 22.1 Å². The molecule has 1 unspecified atom stereocenters. The fourth-order valence-electron chi connectivity index (χ4n) is 4.12. The normalized spacial score (nSPS) is 19.5. The Kier molecular flexibility index (Phi) is 5.44. The van der Waals surface area contributed by atoms with Gasteiger partial charge in [0.1, 0.15) is 0 Å². The molecule has 4 nitrogen and oxygen atoms in total. The highest BCUT2D eigenvalue weighted by Crippen LogP contribution is 2.45. The first-order chi connectivity index (χ1) is 14.7. The zero-order chi connectivity index (χ0) is 20.5. The summed E-state index contributed by atoms with van der Waals surface area (Å²) in [6, 6.07) is 22.1. The minimum atomic E-state index is -0.352. The molecule has 152 valence electrons. The summed E-state index contributed by atoms with van der Waals surface area (Å²) in [4.78, 5) is 27.4. The number of fused-ring (bicyclic) bond motifs is 1. The summed E-state index contributed by atoms with van der Waals surface area (Å²) in [5.41, 5.74) is 2.92. The molecule has 0 radical (unpaired) electrons. The van der Waals surface area contributed by atoms with Crippen LogP contribution in [0.5, 0.6) is 0 Å². The molecule has 0 aromatic heterocycles. The van der Waals surface area contributed by atoms with E-state index in [4.69, 9.17) is 0 Å². The molecule has 2 aliphatic rings. The minimum absolute atomic E-state index is 0.000917. The number of anilines is 2. The van der Waals surface area contributed by atoms with Crippen LogP contribution >= 0.6 is 23.5 Å². The Labute approximate surface area is 184 Å². The summed E-state index contributed by atoms with van der Waals surface area (Å²) >= 11 is 3.89. The van der Waals surface area contributed by atoms with Crippen LogP contribution in [0, 0.1) is 5.92 Å². The minimum Gasteiger partial charge on any atom is -0.326 e. The maximum atomic E-state index is 12.9. The van der Waals surface area contributed by atoms with Crippen molar-refractivity contribution in [3.05, 3.63) is 72.3 Å². The average molecular weight is 435 g/mol. The molecule has 3 aromatic rings. The SMILES string of the molecule is O=C(Nc1cccc(C2SCCS2)c1)C1CC(=O)N(c2cccc3ccccc23)C1. The van der Waals surface area contributed by atoms with Gasteiger partial charge in [-0.15, -0.1) is 23.5 Å². The molecule has 1 atom stereocenters. The molecule has 3 aromatic carbocycles. The average Bonchev–Trinajstić information content (AvgIpc) is 3.44. The van der Waals surface area contributed by atoms with Crippen LogP contribution in [-0.2, 0) is 9.59 Å². The van der Waals surface area contributed by atoms with Crippen LogP contribution in [0.25, 0.3) is 10.8 Å². The standard InChI is InChI=1S/C24H22N2O2S2/c27-22-14-18(15-26(22)21-10-4-6-16-5-1-2-9-20(16)21)23(28)25-19-8-3-7-17(13-19)24-29-11-12-30-24/h1-10,13,18,24H,11-12,14-15H2,(H,25,28). The van der Waals surface area contributed by atoms with Crippen molar-refractivity contribution in [2.45, 2.75) is 11.0 Å². The zero-order valence-electron chi connectivity index (χ0n) is 16.4. The topological polar surface area (TPSA) is 49.4 Å². The Morgan fingerprint density at radius 3 is 2.60 bits per heavy atom. The van der Waals surface area contributed by atoms with E-state index < -0.39 is 0 Å². The number of amides is 2. The lowest BCUT2D eigenvalue weighted by atomic mass is 10.1. The first-order valence-electron chi connectivity index (χ1n) is 10.1. The molecular weight excluding hydrogens is 412 g/mol. The quantitative estimate of drug-likeness (QED) is 0.605. The van der Waals surface area contributed by atoms with E-state index in [1.807, 2.05) is 78.1 Å². The van der Waals surface area contributed by atoms with E-state index in [1.54, 1.807) is 4.90 Å². The molecule has 2 saturated heterocycles. The summed E-state index contributed by atoms with van der Waals surface area (Å²) in [6.07, 6.45) is 0.239. The van der Waals surface area contributed by atoms with Gasteiger partial charge in [-0.05, 0) is 29.1 Å². The van der Waals surface area contributed by atoms with Crippen LogP contribution in [0.3, 0.4) is 0 Å². The highest BCUT2D eigenvalue weighted by atomic mass is 32.2. The van der Waals surface area contributed by atoms with Crippen molar-refractivity contribution >= 4 is 57.5 Å². The van der Waals surface area contributed by atoms with Gasteiger partial charge in [-0.3, -0.25) is 9.59 Å². The maximum Gasteiger partial charge on any atom is 0.229 e. The first kappa shape index (κ1) is 19.5. The molecule has 1 N–H and O–H groups in total. The van der Waals surface area contributed by atoms with Gasteiger partial charge in [0, 0.05) is 35.5 Å². The van der Waals surface area contributed by atoms with Crippen molar-refractivity contribution in [3.8, 4) is 0 Å². The smallest absolute Gasteiger partial charge is 0.229 e. The van der Waals surface area contributed by atoms with Crippen molar-refractivity contribution in [3.63, 3.8) is 0 Å². The zero-order valence-corrected chi connectivity index (χ0v) is 18.0. The molecule has 0 aliphatic carbocycles. The van der Waals surface area contributed by atoms with Crippen LogP contribution in [-0.4, -0.2) is 29.9 Å². The number of benzene rings is 3. The number of nitrogens with zero attached hydrogens (tertiary/aromatic N) is 1. The summed E-state index contributed by atoms with van der Waals surface area (Å²) in [5, 5.41) is 5.17. The second-order valence-electron chi connectivity index (χ2n) is 7.59. The highest BCUT2D eigenvalue weighted by Gasteiger charge is 2.35. The number of thioether (sulfide) groups is 2. The number of rotatable bonds is 4. The van der Waals surface area contributed by atoms with E-state index in [1.165, 1.54) is 17.1 Å². The van der Waals surface area contributed by atoms with Crippen LogP contribution < -0.4 is 10.2 Å². The monoisotopic (exact) mass is 434 g/mol. The summed E-state index contributed by atoms with van der Waals surface area (Å²) < 4.78 is 0.441. The maximum absolute atomic E-state index is 12.9. The predicted octanol–water partition coefficient (Wildman–Crippen LogP) is 5.31. The van der Waals surface area contributed by atoms with Crippen molar-refractivity contribution in [1.29, 1.82) is 0 Å². The second-order valence-corrected chi connectivity index (χ2v) is 10.3. The Balaban J connectivity index is 1.32. The van der Waals surface area contributed by atoms with Crippen molar-refractivity contribution in [2.75, 3.05) is 28.3 Å². The molecular formula is C24H22N2O2S2. The number of carbonyl (C=O) groups is 2. The molecule has 2 aliphatic heterocycles. The number of carbonyl (C=O) groups excluding carboxylic acids is 2. The van der Waals surface area contributed by atoms with Gasteiger partial charge in [0.15, 0.2) is 0 Å². The summed E-state index contributed by atoms with van der Waals surface area (Å²) in [5.74, 6) is 1.89. The molecule has 6 heteroatoms. The van der Waals surface area contributed by atoms with Crippen LogP contribution in [0.15, 0.2) is 66.7 Å². The number of hydrogen-bond acceptors (Lipinski definition) is 4. The fourth-order valence-corrected chi connectivity index (χ4v) is 6.96. The van der Waals surface area contributed by atoms with Gasteiger partial charge in [-0.25, -0.2) is 0 Å². The van der Waals surface area contributed by atoms with Gasteiger partial charge in [0.05, 0.1) is 16.2 Å². The van der Waals surface area contributed by atoms with Gasteiger partial charge < -0.3 is 10.2 Å². The van der Waals surface area contributed by atoms with E-state index >= 15 is 0 Å². The van der Waals surface area contributed by atoms with Crippen molar-refractivity contribution < 1.29 is 9.59 Å². The molecule has 0 saturated carbocycles. The van der Waals surface area contributed by atoms with E-state index in [2.05, 4.69) is 17.4 Å². The fraction of sp³-hybridized carbons (Fsp3) is 0.250. The Morgan fingerprint density at radius 2 is 1.73 bits per heavy atom. The lowest BCUT2D eigenvalue weighted by Crippen LogP contribution is -2.28. The molecule has 0 spiro atoms. The predicted molar refractivity (Wildman–Crippen MR) is 127 cm³/mol. The molecule has 0 bridgehead atoms. The molecule has 2 heterocycles. The van der Waals surface area contributed by atoms with E-state index in [0.29, 0.717) is 11.1 Å². The largest absolute Gasteiger partial charge is 0.326 e. The van der Waals surface area contributed by atoms with Crippen LogP contribution in [0.1, 0.15) is 16.6 Å². The Hall–Kier alpha value is -2.44. The van der Waals surface area contributed by atoms with E-state index in [9.17, 15) is 9.59 Å². The molecule has 30 heavy (non-hydrogen) atoms. The lowest BCUT2D eigenvalue weighted by molar-refractivity contribution is -0.122. The Morgan fingerprint density at radius 1 is 0.967 bits per heavy atom. The molecule has 2 amide bonds. The lowest BCUT2D eigenvalue weighted by Gasteiger charge is -2.19. The number of hydrogen-bond donors (Lipinski definition) is 1. The Bertz CT molecular complexity index is 1110. The van der Waals surface area contributed by atoms with Gasteiger partial charge >= 0.3 is 0 Å². The third-order valence-corrected chi connectivity index (χ3v) is 8.71.